The molecule has 0 bridgehead atoms. The minimum atomic E-state index is -0.454. The number of aromatic nitrogens is 3. The standard InChI is InChI=1S/C28H30BrClFN5O/c29-21-16-24-20(15-26(21)37-13-5-4-12-35-10-2-1-3-11-35)27-25(36(24)19-7-8-19)17-32-34-28(27)33-18-6-9-23(31)22(30)14-18/h6,9,14-17,19H,1-5,7-8,10-13H2,(H,33,34). The number of unbranched alkanes of at least 4 members (excludes halogenated alkanes) is 1. The lowest BCUT2D eigenvalue weighted by Crippen LogP contribution is -2.30. The predicted molar refractivity (Wildman–Crippen MR) is 151 cm³/mol. The van der Waals surface area contributed by atoms with Crippen molar-refractivity contribution in [2.24, 2.45) is 0 Å². The van der Waals surface area contributed by atoms with E-state index in [1.165, 1.54) is 38.4 Å². The van der Waals surface area contributed by atoms with Crippen LogP contribution in [0.4, 0.5) is 15.9 Å². The minimum absolute atomic E-state index is 0.0606. The van der Waals surface area contributed by atoms with Gasteiger partial charge in [0.2, 0.25) is 0 Å². The highest BCUT2D eigenvalue weighted by Gasteiger charge is 2.29. The Labute approximate surface area is 229 Å². The predicted octanol–water partition coefficient (Wildman–Crippen LogP) is 7.86. The van der Waals surface area contributed by atoms with E-state index in [-0.39, 0.29) is 5.02 Å². The van der Waals surface area contributed by atoms with E-state index in [4.69, 9.17) is 16.3 Å². The topological polar surface area (TPSA) is 55.2 Å². The molecule has 2 fully saturated rings. The van der Waals surface area contributed by atoms with E-state index in [1.807, 2.05) is 6.20 Å². The highest BCUT2D eigenvalue weighted by atomic mass is 79.9. The Morgan fingerprint density at radius 2 is 1.92 bits per heavy atom. The summed E-state index contributed by atoms with van der Waals surface area (Å²) >= 11 is 9.77. The van der Waals surface area contributed by atoms with Crippen LogP contribution in [0.5, 0.6) is 5.75 Å². The van der Waals surface area contributed by atoms with E-state index in [0.29, 0.717) is 24.2 Å². The normalized spacial score (nSPS) is 16.5. The van der Waals surface area contributed by atoms with Crippen LogP contribution in [-0.2, 0) is 0 Å². The maximum atomic E-state index is 13.7. The molecule has 9 heteroatoms. The van der Waals surface area contributed by atoms with E-state index in [9.17, 15) is 4.39 Å². The number of hydrogen-bond donors (Lipinski definition) is 1. The Balaban J connectivity index is 1.28. The van der Waals surface area contributed by atoms with E-state index in [1.54, 1.807) is 12.1 Å². The number of rotatable bonds is 9. The number of piperidine rings is 1. The van der Waals surface area contributed by atoms with Crippen LogP contribution in [0.25, 0.3) is 21.8 Å². The average molecular weight is 587 g/mol. The fourth-order valence-electron chi connectivity index (χ4n) is 5.33. The molecule has 1 aliphatic heterocycles. The van der Waals surface area contributed by atoms with Crippen molar-refractivity contribution in [3.8, 4) is 5.75 Å². The summed E-state index contributed by atoms with van der Waals surface area (Å²) in [6.45, 7) is 4.30. The summed E-state index contributed by atoms with van der Waals surface area (Å²) in [6.07, 6.45) is 10.3. The quantitative estimate of drug-likeness (QED) is 0.202. The number of fused-ring (bicyclic) bond motifs is 3. The molecule has 0 atom stereocenters. The van der Waals surface area contributed by atoms with E-state index in [0.717, 1.165) is 64.3 Å². The molecule has 0 unspecified atom stereocenters. The molecule has 1 aliphatic carbocycles. The third kappa shape index (κ3) is 5.29. The van der Waals surface area contributed by atoms with Crippen molar-refractivity contribution in [2.45, 2.75) is 51.0 Å². The Morgan fingerprint density at radius 3 is 2.70 bits per heavy atom. The molecule has 2 aromatic heterocycles. The lowest BCUT2D eigenvalue weighted by molar-refractivity contribution is 0.216. The smallest absolute Gasteiger partial charge is 0.163 e. The number of benzene rings is 2. The molecule has 0 radical (unpaired) electrons. The molecule has 6 rings (SSSR count). The SMILES string of the molecule is Fc1ccc(Nc2nncc3c2c2cc(OCCCCN4CCCCC4)c(Br)cc2n3C2CC2)cc1Cl. The Hall–Kier alpha value is -2.42. The van der Waals surface area contributed by atoms with Gasteiger partial charge in [-0.05, 0) is 104 Å². The van der Waals surface area contributed by atoms with Crippen LogP contribution in [0.15, 0.2) is 41.0 Å². The van der Waals surface area contributed by atoms with Gasteiger partial charge >= 0.3 is 0 Å². The zero-order valence-electron chi connectivity index (χ0n) is 20.7. The molecule has 194 valence electrons. The maximum Gasteiger partial charge on any atom is 0.163 e. The van der Waals surface area contributed by atoms with Crippen molar-refractivity contribution in [3.63, 3.8) is 0 Å². The monoisotopic (exact) mass is 585 g/mol. The molecule has 1 N–H and O–H groups in total. The molecule has 2 aromatic carbocycles. The van der Waals surface area contributed by atoms with Gasteiger partial charge in [-0.25, -0.2) is 4.39 Å². The molecule has 1 saturated heterocycles. The summed E-state index contributed by atoms with van der Waals surface area (Å²) in [6, 6.07) is 9.26. The number of likely N-dealkylation sites (tertiary alicyclic amines) is 1. The van der Waals surface area contributed by atoms with E-state index < -0.39 is 5.82 Å². The Morgan fingerprint density at radius 1 is 1.08 bits per heavy atom. The van der Waals surface area contributed by atoms with E-state index in [2.05, 4.69) is 53.0 Å². The molecular weight excluding hydrogens is 557 g/mol. The summed E-state index contributed by atoms with van der Waals surface area (Å²) in [5, 5.41) is 14.1. The Bertz CT molecular complexity index is 1430. The molecular formula is C28H30BrClFN5O. The van der Waals surface area contributed by atoms with Crippen molar-refractivity contribution in [2.75, 3.05) is 31.6 Å². The summed E-state index contributed by atoms with van der Waals surface area (Å²) in [7, 11) is 0. The third-order valence-corrected chi connectivity index (χ3v) is 8.25. The van der Waals surface area contributed by atoms with Crippen LogP contribution in [0.2, 0.25) is 5.02 Å². The summed E-state index contributed by atoms with van der Waals surface area (Å²) in [5.41, 5.74) is 2.80. The molecule has 3 heterocycles. The van der Waals surface area contributed by atoms with Crippen LogP contribution < -0.4 is 10.1 Å². The van der Waals surface area contributed by atoms with Crippen molar-refractivity contribution in [3.05, 3.63) is 51.8 Å². The first kappa shape index (κ1) is 24.9. The van der Waals surface area contributed by atoms with Gasteiger partial charge in [-0.3, -0.25) is 0 Å². The Kier molecular flexibility index (Phi) is 7.23. The summed E-state index contributed by atoms with van der Waals surface area (Å²) in [5.74, 6) is 0.983. The number of hydrogen-bond acceptors (Lipinski definition) is 5. The van der Waals surface area contributed by atoms with Gasteiger partial charge < -0.3 is 19.5 Å². The second-order valence-electron chi connectivity index (χ2n) is 10.1. The molecule has 2 aliphatic rings. The summed E-state index contributed by atoms with van der Waals surface area (Å²) in [4.78, 5) is 2.57. The average Bonchev–Trinajstić information content (AvgIpc) is 3.69. The van der Waals surface area contributed by atoms with Crippen molar-refractivity contribution in [1.82, 2.24) is 19.7 Å². The molecule has 6 nitrogen and oxygen atoms in total. The van der Waals surface area contributed by atoms with E-state index >= 15 is 0 Å². The molecule has 4 aromatic rings. The van der Waals surface area contributed by atoms with Gasteiger partial charge in [-0.1, -0.05) is 18.0 Å². The van der Waals surface area contributed by atoms with Crippen LogP contribution in [0.3, 0.4) is 0 Å². The fraction of sp³-hybridized carbons (Fsp3) is 0.429. The fourth-order valence-corrected chi connectivity index (χ4v) is 5.96. The van der Waals surface area contributed by atoms with Crippen LogP contribution >= 0.6 is 27.5 Å². The zero-order valence-corrected chi connectivity index (χ0v) is 23.0. The number of halogens is 3. The first-order valence-electron chi connectivity index (χ1n) is 13.1. The van der Waals surface area contributed by atoms with Gasteiger partial charge in [-0.15, -0.1) is 5.10 Å². The number of nitrogens with zero attached hydrogens (tertiary/aromatic N) is 4. The largest absolute Gasteiger partial charge is 0.492 e. The van der Waals surface area contributed by atoms with Crippen molar-refractivity contribution in [1.29, 1.82) is 0 Å². The maximum absolute atomic E-state index is 13.7. The second kappa shape index (κ2) is 10.8. The van der Waals surface area contributed by atoms with Gasteiger partial charge in [0, 0.05) is 17.1 Å². The first-order valence-corrected chi connectivity index (χ1v) is 14.3. The molecule has 0 amide bonds. The van der Waals surface area contributed by atoms with Gasteiger partial charge in [0.05, 0.1) is 38.7 Å². The zero-order chi connectivity index (χ0) is 25.4. The third-order valence-electron chi connectivity index (χ3n) is 7.34. The van der Waals surface area contributed by atoms with Gasteiger partial charge in [0.1, 0.15) is 11.6 Å². The van der Waals surface area contributed by atoms with Gasteiger partial charge in [0.15, 0.2) is 5.82 Å². The second-order valence-corrected chi connectivity index (χ2v) is 11.3. The van der Waals surface area contributed by atoms with Crippen molar-refractivity contribution >= 4 is 60.8 Å². The minimum Gasteiger partial charge on any atom is -0.492 e. The van der Waals surface area contributed by atoms with Crippen molar-refractivity contribution < 1.29 is 9.13 Å². The van der Waals surface area contributed by atoms with Crippen LogP contribution in [-0.4, -0.2) is 45.9 Å². The van der Waals surface area contributed by atoms with Gasteiger partial charge in [0.25, 0.3) is 0 Å². The van der Waals surface area contributed by atoms with Crippen LogP contribution in [0.1, 0.15) is 51.0 Å². The lowest BCUT2D eigenvalue weighted by atomic mass is 10.1. The highest BCUT2D eigenvalue weighted by Crippen LogP contribution is 2.46. The lowest BCUT2D eigenvalue weighted by Gasteiger charge is -2.26. The number of nitrogens with one attached hydrogen (secondary N) is 1. The number of anilines is 2. The molecule has 0 spiro atoms. The highest BCUT2D eigenvalue weighted by molar-refractivity contribution is 9.10. The summed E-state index contributed by atoms with van der Waals surface area (Å²) < 4.78 is 23.3. The number of ether oxygens (including phenoxy) is 1. The molecule has 1 saturated carbocycles. The van der Waals surface area contributed by atoms with Crippen LogP contribution in [0, 0.1) is 5.82 Å². The molecule has 37 heavy (non-hydrogen) atoms. The van der Waals surface area contributed by atoms with Gasteiger partial charge in [-0.2, -0.15) is 5.10 Å². The first-order chi connectivity index (χ1) is 18.1.